The number of fused-ring (bicyclic) bond motifs is 2. The topological polar surface area (TPSA) is 59.3 Å². The summed E-state index contributed by atoms with van der Waals surface area (Å²) in [5, 5.41) is 9.94. The lowest BCUT2D eigenvalue weighted by Gasteiger charge is -2.34. The van der Waals surface area contributed by atoms with Gasteiger partial charge in [0.1, 0.15) is 16.9 Å². The Morgan fingerprint density at radius 3 is 2.18 bits per heavy atom. The van der Waals surface area contributed by atoms with Crippen LogP contribution in [0, 0.1) is 11.3 Å². The van der Waals surface area contributed by atoms with Crippen LogP contribution in [0.3, 0.4) is 0 Å². The van der Waals surface area contributed by atoms with Crippen LogP contribution in [0.2, 0.25) is 0 Å². The van der Waals surface area contributed by atoms with Crippen molar-refractivity contribution in [2.75, 3.05) is 6.61 Å². The molecule has 4 heteroatoms. The summed E-state index contributed by atoms with van der Waals surface area (Å²) >= 11 is 0. The molecule has 3 rings (SSSR count). The minimum atomic E-state index is -1.09. The van der Waals surface area contributed by atoms with E-state index in [-0.39, 0.29) is 6.42 Å². The van der Waals surface area contributed by atoms with Crippen LogP contribution < -0.4 is 4.74 Å². The van der Waals surface area contributed by atoms with Crippen molar-refractivity contribution in [1.82, 2.24) is 0 Å². The van der Waals surface area contributed by atoms with E-state index >= 15 is 0 Å². The van der Waals surface area contributed by atoms with Gasteiger partial charge in [-0.25, -0.2) is 0 Å². The van der Waals surface area contributed by atoms with Gasteiger partial charge in [-0.2, -0.15) is 5.26 Å². The maximum absolute atomic E-state index is 12.1. The van der Waals surface area contributed by atoms with Crippen molar-refractivity contribution in [2.24, 2.45) is 0 Å². The summed E-state index contributed by atoms with van der Waals surface area (Å²) in [5.74, 6) is 0.814. The van der Waals surface area contributed by atoms with E-state index in [1.807, 2.05) is 48.5 Å². The SMILES string of the molecule is CCOC(=O)CC1(C#N)c2ccccc2Oc2ccccc21. The van der Waals surface area contributed by atoms with E-state index in [0.717, 1.165) is 0 Å². The van der Waals surface area contributed by atoms with Crippen molar-refractivity contribution >= 4 is 5.97 Å². The number of carbonyl (C=O) groups is 1. The molecule has 1 heterocycles. The number of para-hydroxylation sites is 2. The number of ether oxygens (including phenoxy) is 2. The van der Waals surface area contributed by atoms with E-state index in [9.17, 15) is 10.1 Å². The fraction of sp³-hybridized carbons (Fsp3) is 0.222. The van der Waals surface area contributed by atoms with Gasteiger partial charge in [0.05, 0.1) is 19.1 Å². The first-order valence-electron chi connectivity index (χ1n) is 7.15. The lowest BCUT2D eigenvalue weighted by Crippen LogP contribution is -2.33. The smallest absolute Gasteiger partial charge is 0.308 e. The molecule has 2 aromatic rings. The number of carbonyl (C=O) groups excluding carboxylic acids is 1. The molecule has 0 aliphatic carbocycles. The Kier molecular flexibility index (Phi) is 3.56. The minimum Gasteiger partial charge on any atom is -0.466 e. The van der Waals surface area contributed by atoms with Gasteiger partial charge in [-0.1, -0.05) is 36.4 Å². The van der Waals surface area contributed by atoms with Crippen LogP contribution in [0.4, 0.5) is 0 Å². The Morgan fingerprint density at radius 1 is 1.14 bits per heavy atom. The zero-order valence-electron chi connectivity index (χ0n) is 12.2. The average molecular weight is 293 g/mol. The molecule has 0 radical (unpaired) electrons. The molecule has 0 saturated heterocycles. The second-order valence-electron chi connectivity index (χ2n) is 5.09. The van der Waals surface area contributed by atoms with E-state index < -0.39 is 11.4 Å². The van der Waals surface area contributed by atoms with Gasteiger partial charge in [-0.05, 0) is 19.1 Å². The van der Waals surface area contributed by atoms with Gasteiger partial charge in [0, 0.05) is 11.1 Å². The fourth-order valence-corrected chi connectivity index (χ4v) is 2.86. The van der Waals surface area contributed by atoms with E-state index in [1.165, 1.54) is 0 Å². The molecule has 2 aromatic carbocycles. The molecule has 1 aliphatic heterocycles. The Balaban J connectivity index is 2.20. The van der Waals surface area contributed by atoms with Crippen LogP contribution in [0.1, 0.15) is 24.5 Å². The summed E-state index contributed by atoms with van der Waals surface area (Å²) in [5.41, 5.74) is 0.311. The van der Waals surface area contributed by atoms with E-state index in [0.29, 0.717) is 29.2 Å². The summed E-state index contributed by atoms with van der Waals surface area (Å²) in [6, 6.07) is 17.0. The average Bonchev–Trinajstić information content (AvgIpc) is 2.54. The third-order valence-corrected chi connectivity index (χ3v) is 3.82. The predicted octanol–water partition coefficient (Wildman–Crippen LogP) is 3.56. The molecular weight excluding hydrogens is 278 g/mol. The molecule has 0 amide bonds. The number of benzene rings is 2. The monoisotopic (exact) mass is 293 g/mol. The maximum Gasteiger partial charge on any atom is 0.308 e. The molecule has 4 nitrogen and oxygen atoms in total. The number of esters is 1. The molecule has 110 valence electrons. The second kappa shape index (κ2) is 5.53. The van der Waals surface area contributed by atoms with E-state index in [4.69, 9.17) is 9.47 Å². The first-order valence-corrected chi connectivity index (χ1v) is 7.15. The maximum atomic E-state index is 12.1. The summed E-state index contributed by atoms with van der Waals surface area (Å²) in [6.07, 6.45) is -0.0330. The van der Waals surface area contributed by atoms with Crippen LogP contribution in [0.25, 0.3) is 0 Å². The Morgan fingerprint density at radius 2 is 1.68 bits per heavy atom. The van der Waals surface area contributed by atoms with Gasteiger partial charge in [-0.3, -0.25) is 4.79 Å². The van der Waals surface area contributed by atoms with Crippen LogP contribution in [-0.4, -0.2) is 12.6 Å². The zero-order chi connectivity index (χ0) is 15.6. The van der Waals surface area contributed by atoms with Gasteiger partial charge in [-0.15, -0.1) is 0 Å². The second-order valence-corrected chi connectivity index (χ2v) is 5.09. The molecule has 0 saturated carbocycles. The molecule has 1 aliphatic rings. The highest BCUT2D eigenvalue weighted by molar-refractivity contribution is 5.76. The fourth-order valence-electron chi connectivity index (χ4n) is 2.86. The normalized spacial score (nSPS) is 14.0. The molecule has 0 fully saturated rings. The lowest BCUT2D eigenvalue weighted by atomic mass is 9.71. The number of hydrogen-bond donors (Lipinski definition) is 0. The highest BCUT2D eigenvalue weighted by Crippen LogP contribution is 2.49. The number of nitriles is 1. The summed E-state index contributed by atoms with van der Waals surface area (Å²) < 4.78 is 10.9. The summed E-state index contributed by atoms with van der Waals surface area (Å²) in [6.45, 7) is 2.04. The van der Waals surface area contributed by atoms with Crippen molar-refractivity contribution < 1.29 is 14.3 Å². The van der Waals surface area contributed by atoms with Crippen molar-refractivity contribution in [1.29, 1.82) is 5.26 Å². The number of hydrogen-bond acceptors (Lipinski definition) is 4. The van der Waals surface area contributed by atoms with Crippen LogP contribution in [0.15, 0.2) is 48.5 Å². The predicted molar refractivity (Wildman–Crippen MR) is 80.6 cm³/mol. The van der Waals surface area contributed by atoms with Crippen LogP contribution in [-0.2, 0) is 14.9 Å². The molecular formula is C18H15NO3. The van der Waals surface area contributed by atoms with E-state index in [1.54, 1.807) is 6.92 Å². The Hall–Kier alpha value is -2.80. The molecule has 0 N–H and O–H groups in total. The lowest BCUT2D eigenvalue weighted by molar-refractivity contribution is -0.143. The van der Waals surface area contributed by atoms with Crippen LogP contribution >= 0.6 is 0 Å². The van der Waals surface area contributed by atoms with Crippen LogP contribution in [0.5, 0.6) is 11.5 Å². The first-order chi connectivity index (χ1) is 10.7. The largest absolute Gasteiger partial charge is 0.466 e. The Labute approximate surface area is 128 Å². The van der Waals surface area contributed by atoms with Crippen molar-refractivity contribution in [2.45, 2.75) is 18.8 Å². The number of nitrogens with zero attached hydrogens (tertiary/aromatic N) is 1. The van der Waals surface area contributed by atoms with Gasteiger partial charge >= 0.3 is 5.97 Å². The first kappa shape index (κ1) is 14.2. The Bertz CT molecular complexity index is 715. The van der Waals surface area contributed by atoms with Crippen molar-refractivity contribution in [3.8, 4) is 17.6 Å². The third kappa shape index (κ3) is 2.11. The zero-order valence-corrected chi connectivity index (χ0v) is 12.2. The molecule has 22 heavy (non-hydrogen) atoms. The summed E-state index contributed by atoms with van der Waals surface area (Å²) in [4.78, 5) is 12.1. The standard InChI is InChI=1S/C18H15NO3/c1-2-21-17(20)11-18(12-19)13-7-3-5-9-15(13)22-16-10-6-4-8-14(16)18/h3-10H,2,11H2,1H3. The van der Waals surface area contributed by atoms with E-state index in [2.05, 4.69) is 6.07 Å². The third-order valence-electron chi connectivity index (χ3n) is 3.82. The number of rotatable bonds is 3. The van der Waals surface area contributed by atoms with Gasteiger partial charge in [0.25, 0.3) is 0 Å². The molecule has 0 unspecified atom stereocenters. The van der Waals surface area contributed by atoms with Crippen molar-refractivity contribution in [3.05, 3.63) is 59.7 Å². The van der Waals surface area contributed by atoms with Crippen molar-refractivity contribution in [3.63, 3.8) is 0 Å². The quantitative estimate of drug-likeness (QED) is 0.812. The molecule has 0 aromatic heterocycles. The molecule has 0 spiro atoms. The van der Waals surface area contributed by atoms with Gasteiger partial charge in [0.15, 0.2) is 0 Å². The van der Waals surface area contributed by atoms with Gasteiger partial charge < -0.3 is 9.47 Å². The summed E-state index contributed by atoms with van der Waals surface area (Å²) in [7, 11) is 0. The molecule has 0 atom stereocenters. The minimum absolute atomic E-state index is 0.0330. The highest BCUT2D eigenvalue weighted by atomic mass is 16.5. The highest BCUT2D eigenvalue weighted by Gasteiger charge is 2.44. The molecule has 0 bridgehead atoms. The van der Waals surface area contributed by atoms with Gasteiger partial charge in [0.2, 0.25) is 0 Å².